The quantitative estimate of drug-likeness (QED) is 0.433. The van der Waals surface area contributed by atoms with Gasteiger partial charge in [-0.15, -0.1) is 0 Å². The summed E-state index contributed by atoms with van der Waals surface area (Å²) in [7, 11) is 1.61. The Balaban J connectivity index is 1.73. The van der Waals surface area contributed by atoms with Gasteiger partial charge in [-0.3, -0.25) is 4.40 Å². The number of pyridine rings is 1. The Morgan fingerprint density at radius 3 is 2.42 bits per heavy atom. The summed E-state index contributed by atoms with van der Waals surface area (Å²) < 4.78 is 7.17. The van der Waals surface area contributed by atoms with Gasteiger partial charge in [-0.2, -0.15) is 4.98 Å². The zero-order valence-corrected chi connectivity index (χ0v) is 17.3. The Labute approximate surface area is 182 Å². The lowest BCUT2D eigenvalue weighted by molar-refractivity contribution is 0.415. The molecule has 1 N–H and O–H groups in total. The first-order valence-electron chi connectivity index (χ1n) is 9.61. The van der Waals surface area contributed by atoms with Gasteiger partial charge in [0.05, 0.1) is 29.9 Å². The van der Waals surface area contributed by atoms with Crippen molar-refractivity contribution < 1.29 is 4.74 Å². The average molecular weight is 429 g/mol. The number of rotatable bonds is 4. The Morgan fingerprint density at radius 1 is 0.935 bits per heavy atom. The Morgan fingerprint density at radius 2 is 1.68 bits per heavy atom. The SMILES string of the molecule is COc1ccc(-c2cc(-c3c(-c4ccc(Cl)cc4)nc4ccccn34)[nH]c(=O)n2)cc1. The van der Waals surface area contributed by atoms with Crippen molar-refractivity contribution >= 4 is 17.2 Å². The van der Waals surface area contributed by atoms with Crippen LogP contribution in [0, 0.1) is 0 Å². The van der Waals surface area contributed by atoms with Crippen molar-refractivity contribution in [2.75, 3.05) is 7.11 Å². The molecule has 0 saturated heterocycles. The molecule has 5 aromatic rings. The van der Waals surface area contributed by atoms with Gasteiger partial charge in [-0.05, 0) is 54.6 Å². The lowest BCUT2D eigenvalue weighted by Gasteiger charge is -2.08. The molecular weight excluding hydrogens is 412 g/mol. The zero-order chi connectivity index (χ0) is 21.4. The van der Waals surface area contributed by atoms with E-state index >= 15 is 0 Å². The number of aromatic nitrogens is 4. The maximum atomic E-state index is 12.5. The molecule has 0 spiro atoms. The molecule has 0 bridgehead atoms. The van der Waals surface area contributed by atoms with Crippen molar-refractivity contribution in [2.45, 2.75) is 0 Å². The van der Waals surface area contributed by atoms with Crippen LogP contribution in [0.15, 0.2) is 83.8 Å². The van der Waals surface area contributed by atoms with Crippen LogP contribution < -0.4 is 10.4 Å². The number of ether oxygens (including phenoxy) is 1. The molecule has 7 heteroatoms. The van der Waals surface area contributed by atoms with Crippen LogP contribution in [0.2, 0.25) is 5.02 Å². The third-order valence-corrected chi connectivity index (χ3v) is 5.29. The second-order valence-corrected chi connectivity index (χ2v) is 7.39. The predicted octanol–water partition coefficient (Wildman–Crippen LogP) is 5.08. The lowest BCUT2D eigenvalue weighted by Crippen LogP contribution is -2.12. The molecule has 0 aliphatic rings. The van der Waals surface area contributed by atoms with Crippen LogP contribution >= 0.6 is 11.6 Å². The summed E-state index contributed by atoms with van der Waals surface area (Å²) in [5, 5.41) is 0.646. The number of nitrogens with one attached hydrogen (secondary N) is 1. The molecule has 0 fully saturated rings. The van der Waals surface area contributed by atoms with Crippen molar-refractivity contribution in [2.24, 2.45) is 0 Å². The maximum Gasteiger partial charge on any atom is 0.346 e. The molecular formula is C24H17ClN4O2. The van der Waals surface area contributed by atoms with E-state index in [-0.39, 0.29) is 0 Å². The summed E-state index contributed by atoms with van der Waals surface area (Å²) in [5.74, 6) is 0.737. The second kappa shape index (κ2) is 7.74. The highest BCUT2D eigenvalue weighted by Gasteiger charge is 2.18. The van der Waals surface area contributed by atoms with Crippen molar-refractivity contribution in [3.8, 4) is 39.7 Å². The van der Waals surface area contributed by atoms with Crippen LogP contribution in [0.1, 0.15) is 0 Å². The Hall–Kier alpha value is -3.90. The van der Waals surface area contributed by atoms with E-state index in [4.69, 9.17) is 21.3 Å². The van der Waals surface area contributed by atoms with E-state index in [0.29, 0.717) is 16.4 Å². The largest absolute Gasteiger partial charge is 0.497 e. The minimum absolute atomic E-state index is 0.434. The van der Waals surface area contributed by atoms with Gasteiger partial charge in [0.1, 0.15) is 11.4 Å². The van der Waals surface area contributed by atoms with Crippen LogP contribution in [0.5, 0.6) is 5.75 Å². The minimum atomic E-state index is -0.434. The van der Waals surface area contributed by atoms with Gasteiger partial charge in [0, 0.05) is 22.3 Å². The molecule has 152 valence electrons. The number of H-pyrrole nitrogens is 1. The van der Waals surface area contributed by atoms with Gasteiger partial charge in [-0.25, -0.2) is 9.78 Å². The number of aromatic amines is 1. The molecule has 5 rings (SSSR count). The topological polar surface area (TPSA) is 72.3 Å². The zero-order valence-electron chi connectivity index (χ0n) is 16.5. The number of nitrogens with zero attached hydrogens (tertiary/aromatic N) is 3. The molecule has 3 heterocycles. The van der Waals surface area contributed by atoms with E-state index in [1.165, 1.54) is 0 Å². The van der Waals surface area contributed by atoms with E-state index in [2.05, 4.69) is 9.97 Å². The summed E-state index contributed by atoms with van der Waals surface area (Å²) >= 11 is 6.08. The number of benzene rings is 2. The van der Waals surface area contributed by atoms with Crippen molar-refractivity contribution in [1.82, 2.24) is 19.4 Å². The highest BCUT2D eigenvalue weighted by molar-refractivity contribution is 6.30. The molecule has 6 nitrogen and oxygen atoms in total. The molecule has 0 aliphatic carbocycles. The fraction of sp³-hybridized carbons (Fsp3) is 0.0417. The molecule has 0 aliphatic heterocycles. The third kappa shape index (κ3) is 3.58. The highest BCUT2D eigenvalue weighted by Crippen LogP contribution is 2.33. The second-order valence-electron chi connectivity index (χ2n) is 6.96. The van der Waals surface area contributed by atoms with Crippen LogP contribution in [-0.4, -0.2) is 26.5 Å². The molecule has 2 aromatic carbocycles. The average Bonchev–Trinajstić information content (AvgIpc) is 3.19. The van der Waals surface area contributed by atoms with Crippen molar-refractivity contribution in [3.63, 3.8) is 0 Å². The summed E-state index contributed by atoms with van der Waals surface area (Å²) in [6.45, 7) is 0. The normalized spacial score (nSPS) is 11.0. The number of fused-ring (bicyclic) bond motifs is 1. The fourth-order valence-electron chi connectivity index (χ4n) is 3.56. The monoisotopic (exact) mass is 428 g/mol. The van der Waals surface area contributed by atoms with Crippen LogP contribution in [-0.2, 0) is 0 Å². The summed E-state index contributed by atoms with van der Waals surface area (Å²) in [6.07, 6.45) is 1.92. The van der Waals surface area contributed by atoms with Crippen molar-refractivity contribution in [1.29, 1.82) is 0 Å². The number of methoxy groups -OCH3 is 1. The van der Waals surface area contributed by atoms with Crippen LogP contribution in [0.3, 0.4) is 0 Å². The molecule has 0 atom stereocenters. The number of hydrogen-bond acceptors (Lipinski definition) is 4. The van der Waals surface area contributed by atoms with Gasteiger partial charge in [-0.1, -0.05) is 29.8 Å². The van der Waals surface area contributed by atoms with E-state index in [1.807, 2.05) is 83.4 Å². The first-order chi connectivity index (χ1) is 15.1. The Kier molecular flexibility index (Phi) is 4.76. The molecule has 0 radical (unpaired) electrons. The summed E-state index contributed by atoms with van der Waals surface area (Å²) in [4.78, 5) is 24.3. The van der Waals surface area contributed by atoms with Gasteiger partial charge in [0.15, 0.2) is 0 Å². The fourth-order valence-corrected chi connectivity index (χ4v) is 3.68. The number of halogens is 1. The molecule has 0 amide bonds. The van der Waals surface area contributed by atoms with Gasteiger partial charge in [0.25, 0.3) is 0 Å². The molecule has 0 saturated carbocycles. The standard InChI is InChI=1S/C24H17ClN4O2/c1-31-18-11-7-15(8-12-18)19-14-20(27-24(30)26-19)23-22(16-5-9-17(25)10-6-16)28-21-4-2-3-13-29(21)23/h2-14H,1H3,(H,26,27,30). The van der Waals surface area contributed by atoms with Gasteiger partial charge >= 0.3 is 5.69 Å². The molecule has 31 heavy (non-hydrogen) atoms. The molecule has 0 unspecified atom stereocenters. The first-order valence-corrected chi connectivity index (χ1v) is 9.99. The highest BCUT2D eigenvalue weighted by atomic mass is 35.5. The van der Waals surface area contributed by atoms with Gasteiger partial charge < -0.3 is 9.72 Å². The third-order valence-electron chi connectivity index (χ3n) is 5.03. The first kappa shape index (κ1) is 19.1. The minimum Gasteiger partial charge on any atom is -0.497 e. The van der Waals surface area contributed by atoms with Crippen molar-refractivity contribution in [3.05, 3.63) is 94.5 Å². The molecule has 3 aromatic heterocycles. The van der Waals surface area contributed by atoms with E-state index < -0.39 is 5.69 Å². The van der Waals surface area contributed by atoms with E-state index in [1.54, 1.807) is 7.11 Å². The van der Waals surface area contributed by atoms with Crippen LogP contribution in [0.4, 0.5) is 0 Å². The number of imidazole rings is 1. The smallest absolute Gasteiger partial charge is 0.346 e. The van der Waals surface area contributed by atoms with E-state index in [9.17, 15) is 4.79 Å². The maximum absolute atomic E-state index is 12.5. The van der Waals surface area contributed by atoms with Gasteiger partial charge in [0.2, 0.25) is 0 Å². The number of hydrogen-bond donors (Lipinski definition) is 1. The predicted molar refractivity (Wildman–Crippen MR) is 121 cm³/mol. The summed E-state index contributed by atoms with van der Waals surface area (Å²) in [5.41, 5.74) is 4.74. The lowest BCUT2D eigenvalue weighted by atomic mass is 10.1. The summed E-state index contributed by atoms with van der Waals surface area (Å²) in [6, 6.07) is 22.5. The Bertz CT molecular complexity index is 1440. The van der Waals surface area contributed by atoms with E-state index in [0.717, 1.165) is 33.9 Å². The van der Waals surface area contributed by atoms with Crippen LogP contribution in [0.25, 0.3) is 39.5 Å².